The summed E-state index contributed by atoms with van der Waals surface area (Å²) in [5.41, 5.74) is 9.00. The molecule has 4 heteroatoms. The molecule has 2 aromatic carbocycles. The third-order valence-electron chi connectivity index (χ3n) is 3.11. The summed E-state index contributed by atoms with van der Waals surface area (Å²) in [5, 5.41) is 12.3. The zero-order valence-electron chi connectivity index (χ0n) is 11.6. The van der Waals surface area contributed by atoms with Gasteiger partial charge in [-0.2, -0.15) is 0 Å². The summed E-state index contributed by atoms with van der Waals surface area (Å²) in [6.45, 7) is 4.23. The van der Waals surface area contributed by atoms with Crippen molar-refractivity contribution >= 4 is 23.0 Å². The van der Waals surface area contributed by atoms with Crippen LogP contribution in [0.15, 0.2) is 42.5 Å². The Labute approximate surface area is 118 Å². The van der Waals surface area contributed by atoms with E-state index in [1.807, 2.05) is 24.3 Å². The largest absolute Gasteiger partial charge is 0.478 e. The molecule has 0 aliphatic heterocycles. The Morgan fingerprint density at radius 1 is 1.20 bits per heavy atom. The van der Waals surface area contributed by atoms with E-state index in [1.165, 1.54) is 11.6 Å². The van der Waals surface area contributed by atoms with Gasteiger partial charge in [0.2, 0.25) is 0 Å². The number of aromatic carboxylic acids is 1. The minimum atomic E-state index is -0.979. The molecule has 2 aromatic rings. The highest BCUT2D eigenvalue weighted by atomic mass is 16.4. The van der Waals surface area contributed by atoms with Crippen LogP contribution in [0.2, 0.25) is 0 Å². The van der Waals surface area contributed by atoms with Gasteiger partial charge in [0.05, 0.1) is 11.3 Å². The van der Waals surface area contributed by atoms with E-state index < -0.39 is 5.97 Å². The number of nitrogen functional groups attached to an aromatic ring is 1. The molecule has 2 rings (SSSR count). The standard InChI is InChI=1S/C16H18N2O2/c1-10(2)11-4-3-5-13(8-11)18-15-9-12(17)6-7-14(15)16(19)20/h3-10,18H,17H2,1-2H3,(H,19,20). The second-order valence-electron chi connectivity index (χ2n) is 5.02. The molecule has 0 heterocycles. The van der Waals surface area contributed by atoms with Gasteiger partial charge in [-0.3, -0.25) is 0 Å². The molecule has 0 spiro atoms. The molecule has 0 radical (unpaired) electrons. The van der Waals surface area contributed by atoms with Crippen molar-refractivity contribution in [2.45, 2.75) is 19.8 Å². The Hall–Kier alpha value is -2.49. The second-order valence-corrected chi connectivity index (χ2v) is 5.02. The number of hydrogen-bond donors (Lipinski definition) is 3. The number of anilines is 3. The van der Waals surface area contributed by atoms with E-state index in [0.29, 0.717) is 17.3 Å². The molecular weight excluding hydrogens is 252 g/mol. The van der Waals surface area contributed by atoms with Gasteiger partial charge in [0.25, 0.3) is 0 Å². The molecule has 20 heavy (non-hydrogen) atoms. The highest BCUT2D eigenvalue weighted by molar-refractivity contribution is 5.96. The van der Waals surface area contributed by atoms with E-state index in [9.17, 15) is 9.90 Å². The molecule has 4 N–H and O–H groups in total. The van der Waals surface area contributed by atoms with Gasteiger partial charge in [-0.05, 0) is 41.8 Å². The van der Waals surface area contributed by atoms with E-state index >= 15 is 0 Å². The molecule has 0 aromatic heterocycles. The first-order valence-corrected chi connectivity index (χ1v) is 6.47. The Bertz CT molecular complexity index is 636. The van der Waals surface area contributed by atoms with Crippen LogP contribution in [0.4, 0.5) is 17.1 Å². The van der Waals surface area contributed by atoms with Crippen molar-refractivity contribution in [1.29, 1.82) is 0 Å². The molecule has 0 bridgehead atoms. The summed E-state index contributed by atoms with van der Waals surface area (Å²) in [4.78, 5) is 11.2. The smallest absolute Gasteiger partial charge is 0.337 e. The summed E-state index contributed by atoms with van der Waals surface area (Å²) in [7, 11) is 0. The van der Waals surface area contributed by atoms with Crippen LogP contribution in [-0.2, 0) is 0 Å². The molecule has 104 valence electrons. The van der Waals surface area contributed by atoms with Crippen molar-refractivity contribution in [2.75, 3.05) is 11.1 Å². The molecule has 0 amide bonds. The molecule has 0 saturated carbocycles. The number of rotatable bonds is 4. The maximum atomic E-state index is 11.2. The van der Waals surface area contributed by atoms with Crippen LogP contribution in [0.3, 0.4) is 0 Å². The van der Waals surface area contributed by atoms with Gasteiger partial charge >= 0.3 is 5.97 Å². The van der Waals surface area contributed by atoms with Gasteiger partial charge in [-0.1, -0.05) is 26.0 Å². The van der Waals surface area contributed by atoms with E-state index in [4.69, 9.17) is 5.73 Å². The Kier molecular flexibility index (Phi) is 3.94. The van der Waals surface area contributed by atoms with Gasteiger partial charge in [0.1, 0.15) is 0 Å². The molecular formula is C16H18N2O2. The molecule has 0 saturated heterocycles. The van der Waals surface area contributed by atoms with Crippen LogP contribution < -0.4 is 11.1 Å². The van der Waals surface area contributed by atoms with Gasteiger partial charge in [0, 0.05) is 11.4 Å². The maximum Gasteiger partial charge on any atom is 0.337 e. The normalized spacial score (nSPS) is 10.6. The van der Waals surface area contributed by atoms with Crippen LogP contribution in [0.1, 0.15) is 35.7 Å². The first-order chi connectivity index (χ1) is 9.47. The summed E-state index contributed by atoms with van der Waals surface area (Å²) >= 11 is 0. The average Bonchev–Trinajstić information content (AvgIpc) is 2.38. The number of nitrogens with two attached hydrogens (primary N) is 1. The van der Waals surface area contributed by atoms with Crippen molar-refractivity contribution < 1.29 is 9.90 Å². The van der Waals surface area contributed by atoms with Crippen LogP contribution in [0, 0.1) is 0 Å². The lowest BCUT2D eigenvalue weighted by atomic mass is 10.0. The fraction of sp³-hybridized carbons (Fsp3) is 0.188. The molecule has 0 aliphatic rings. The second kappa shape index (κ2) is 5.65. The SMILES string of the molecule is CC(C)c1cccc(Nc2cc(N)ccc2C(=O)O)c1. The third-order valence-corrected chi connectivity index (χ3v) is 3.11. The minimum absolute atomic E-state index is 0.203. The topological polar surface area (TPSA) is 75.3 Å². The van der Waals surface area contributed by atoms with Crippen LogP contribution in [-0.4, -0.2) is 11.1 Å². The summed E-state index contributed by atoms with van der Waals surface area (Å²) in [5.74, 6) is -0.566. The van der Waals surface area contributed by atoms with Gasteiger partial charge < -0.3 is 16.2 Å². The molecule has 0 unspecified atom stereocenters. The number of carbonyl (C=O) groups is 1. The van der Waals surface area contributed by atoms with E-state index in [-0.39, 0.29) is 5.56 Å². The molecule has 0 aliphatic carbocycles. The highest BCUT2D eigenvalue weighted by Crippen LogP contribution is 2.26. The van der Waals surface area contributed by atoms with Crippen molar-refractivity contribution in [2.24, 2.45) is 0 Å². The van der Waals surface area contributed by atoms with Gasteiger partial charge in [0.15, 0.2) is 0 Å². The van der Waals surface area contributed by atoms with Crippen LogP contribution in [0.25, 0.3) is 0 Å². The first-order valence-electron chi connectivity index (χ1n) is 6.47. The third kappa shape index (κ3) is 3.09. The summed E-state index contributed by atoms with van der Waals surface area (Å²) < 4.78 is 0. The van der Waals surface area contributed by atoms with Gasteiger partial charge in [-0.25, -0.2) is 4.79 Å². The Balaban J connectivity index is 2.36. The predicted molar refractivity (Wildman–Crippen MR) is 81.6 cm³/mol. The van der Waals surface area contributed by atoms with Crippen molar-refractivity contribution in [1.82, 2.24) is 0 Å². The maximum absolute atomic E-state index is 11.2. The predicted octanol–water partition coefficient (Wildman–Crippen LogP) is 3.83. The Morgan fingerprint density at radius 2 is 1.95 bits per heavy atom. The van der Waals surface area contributed by atoms with E-state index in [0.717, 1.165) is 5.69 Å². The number of carboxylic acid groups (broad SMARTS) is 1. The fourth-order valence-electron chi connectivity index (χ4n) is 1.98. The van der Waals surface area contributed by atoms with Gasteiger partial charge in [-0.15, -0.1) is 0 Å². The monoisotopic (exact) mass is 270 g/mol. The molecule has 0 fully saturated rings. The lowest BCUT2D eigenvalue weighted by molar-refractivity contribution is 0.0698. The lowest BCUT2D eigenvalue weighted by Gasteiger charge is -2.13. The van der Waals surface area contributed by atoms with Crippen molar-refractivity contribution in [3.8, 4) is 0 Å². The number of carboxylic acids is 1. The fourth-order valence-corrected chi connectivity index (χ4v) is 1.98. The zero-order chi connectivity index (χ0) is 14.7. The first kappa shape index (κ1) is 13.9. The number of hydrogen-bond acceptors (Lipinski definition) is 3. The molecule has 4 nitrogen and oxygen atoms in total. The number of nitrogens with one attached hydrogen (secondary N) is 1. The highest BCUT2D eigenvalue weighted by Gasteiger charge is 2.10. The lowest BCUT2D eigenvalue weighted by Crippen LogP contribution is -2.04. The van der Waals surface area contributed by atoms with Crippen molar-refractivity contribution in [3.63, 3.8) is 0 Å². The minimum Gasteiger partial charge on any atom is -0.478 e. The zero-order valence-corrected chi connectivity index (χ0v) is 11.6. The van der Waals surface area contributed by atoms with Crippen LogP contribution >= 0.6 is 0 Å². The summed E-state index contributed by atoms with van der Waals surface area (Å²) in [6.07, 6.45) is 0. The van der Waals surface area contributed by atoms with E-state index in [1.54, 1.807) is 12.1 Å². The molecule has 0 atom stereocenters. The van der Waals surface area contributed by atoms with Crippen LogP contribution in [0.5, 0.6) is 0 Å². The number of benzene rings is 2. The van der Waals surface area contributed by atoms with E-state index in [2.05, 4.69) is 19.2 Å². The van der Waals surface area contributed by atoms with Crippen molar-refractivity contribution in [3.05, 3.63) is 53.6 Å². The Morgan fingerprint density at radius 3 is 2.60 bits per heavy atom. The summed E-state index contributed by atoms with van der Waals surface area (Å²) in [6, 6.07) is 12.6. The quantitative estimate of drug-likeness (QED) is 0.738. The average molecular weight is 270 g/mol.